The Hall–Kier alpha value is -2.86. The first-order valence-electron chi connectivity index (χ1n) is 9.84. The lowest BCUT2D eigenvalue weighted by Crippen LogP contribution is -2.25. The second-order valence-electron chi connectivity index (χ2n) is 7.16. The first-order chi connectivity index (χ1) is 14.1. The number of nitrogens with one attached hydrogen (secondary N) is 2. The molecule has 3 aromatic rings. The zero-order chi connectivity index (χ0) is 20.2. The molecule has 0 unspecified atom stereocenters. The van der Waals surface area contributed by atoms with Gasteiger partial charge < -0.3 is 10.6 Å². The van der Waals surface area contributed by atoms with Crippen molar-refractivity contribution in [2.24, 2.45) is 0 Å². The highest BCUT2D eigenvalue weighted by Gasteiger charge is 2.25. The molecule has 1 saturated carbocycles. The van der Waals surface area contributed by atoms with Gasteiger partial charge in [0.1, 0.15) is 0 Å². The molecule has 1 aromatic heterocycles. The van der Waals surface area contributed by atoms with E-state index in [2.05, 4.69) is 22.5 Å². The number of pyridine rings is 1. The van der Waals surface area contributed by atoms with Crippen LogP contribution in [0.2, 0.25) is 0 Å². The molecule has 29 heavy (non-hydrogen) atoms. The average Bonchev–Trinajstić information content (AvgIpc) is 3.55. The molecule has 0 saturated heterocycles. The normalized spacial score (nSPS) is 13.3. The van der Waals surface area contributed by atoms with Crippen molar-refractivity contribution in [2.45, 2.75) is 37.3 Å². The number of amides is 2. The Labute approximate surface area is 174 Å². The number of hydrogen-bond acceptors (Lipinski definition) is 4. The molecule has 2 N–H and O–H groups in total. The predicted molar refractivity (Wildman–Crippen MR) is 117 cm³/mol. The minimum atomic E-state index is -0.0952. The molecule has 1 aliphatic carbocycles. The second-order valence-corrected chi connectivity index (χ2v) is 8.16. The third-order valence-electron chi connectivity index (χ3n) is 4.82. The van der Waals surface area contributed by atoms with E-state index in [1.165, 1.54) is 17.3 Å². The highest BCUT2D eigenvalue weighted by atomic mass is 32.2. The molecule has 2 amide bonds. The van der Waals surface area contributed by atoms with Crippen molar-refractivity contribution in [1.29, 1.82) is 0 Å². The highest BCUT2D eigenvalue weighted by Crippen LogP contribution is 2.26. The van der Waals surface area contributed by atoms with E-state index in [9.17, 15) is 9.59 Å². The van der Waals surface area contributed by atoms with E-state index in [0.29, 0.717) is 10.6 Å². The van der Waals surface area contributed by atoms with Gasteiger partial charge in [-0.15, -0.1) is 0 Å². The summed E-state index contributed by atoms with van der Waals surface area (Å²) in [4.78, 5) is 29.7. The first kappa shape index (κ1) is 19.5. The lowest BCUT2D eigenvalue weighted by Gasteiger charge is -2.10. The Morgan fingerprint density at radius 2 is 1.93 bits per heavy atom. The molecule has 0 bridgehead atoms. The maximum atomic E-state index is 12.7. The van der Waals surface area contributed by atoms with Crippen LogP contribution in [0, 0.1) is 0 Å². The summed E-state index contributed by atoms with van der Waals surface area (Å²) in [5.41, 5.74) is 3.35. The Balaban J connectivity index is 1.48. The minimum Gasteiger partial charge on any atom is -0.349 e. The number of aromatic nitrogens is 1. The van der Waals surface area contributed by atoms with Gasteiger partial charge in [-0.25, -0.2) is 4.98 Å². The van der Waals surface area contributed by atoms with Gasteiger partial charge in [0.05, 0.1) is 21.9 Å². The number of anilines is 1. The van der Waals surface area contributed by atoms with Gasteiger partial charge in [-0.2, -0.15) is 0 Å². The number of para-hydroxylation sites is 1. The third-order valence-corrected chi connectivity index (χ3v) is 5.73. The lowest BCUT2D eigenvalue weighted by molar-refractivity contribution is -0.113. The largest absolute Gasteiger partial charge is 0.349 e. The monoisotopic (exact) mass is 405 g/mol. The number of aryl methyl sites for hydroxylation is 1. The number of nitrogens with zero attached hydrogens (tertiary/aromatic N) is 1. The van der Waals surface area contributed by atoms with Gasteiger partial charge in [0, 0.05) is 17.1 Å². The molecule has 4 rings (SSSR count). The van der Waals surface area contributed by atoms with Gasteiger partial charge in [0.2, 0.25) is 5.91 Å². The summed E-state index contributed by atoms with van der Waals surface area (Å²) < 4.78 is 0. The van der Waals surface area contributed by atoms with Gasteiger partial charge in [-0.3, -0.25) is 9.59 Å². The summed E-state index contributed by atoms with van der Waals surface area (Å²) in [7, 11) is 0. The Bertz CT molecular complexity index is 1060. The fraction of sp³-hybridized carbons (Fsp3) is 0.261. The van der Waals surface area contributed by atoms with Crippen LogP contribution in [0.1, 0.15) is 35.7 Å². The molecule has 0 atom stereocenters. The van der Waals surface area contributed by atoms with Gasteiger partial charge in [0.15, 0.2) is 0 Å². The smallest absolute Gasteiger partial charge is 0.252 e. The first-order valence-corrected chi connectivity index (χ1v) is 10.8. The van der Waals surface area contributed by atoms with Gasteiger partial charge in [-0.1, -0.05) is 49.0 Å². The number of fused-ring (bicyclic) bond motifs is 1. The summed E-state index contributed by atoms with van der Waals surface area (Å²) in [6.45, 7) is 2.08. The third kappa shape index (κ3) is 4.95. The Morgan fingerprint density at radius 3 is 2.72 bits per heavy atom. The molecule has 0 aliphatic heterocycles. The van der Waals surface area contributed by atoms with Crippen molar-refractivity contribution in [3.63, 3.8) is 0 Å². The molecule has 0 radical (unpaired) electrons. The zero-order valence-electron chi connectivity index (χ0n) is 16.3. The number of carbonyl (C=O) groups is 2. The van der Waals surface area contributed by atoms with Crippen LogP contribution in [0.4, 0.5) is 5.69 Å². The molecule has 2 aromatic carbocycles. The van der Waals surface area contributed by atoms with E-state index in [1.54, 1.807) is 6.07 Å². The van der Waals surface area contributed by atoms with Crippen LogP contribution in [0.3, 0.4) is 0 Å². The summed E-state index contributed by atoms with van der Waals surface area (Å²) >= 11 is 1.34. The number of benzene rings is 2. The van der Waals surface area contributed by atoms with Gasteiger partial charge in [0.25, 0.3) is 5.91 Å². The molecule has 1 heterocycles. The van der Waals surface area contributed by atoms with E-state index < -0.39 is 0 Å². The van der Waals surface area contributed by atoms with Crippen LogP contribution < -0.4 is 10.6 Å². The van der Waals surface area contributed by atoms with Crippen molar-refractivity contribution >= 4 is 40.2 Å². The van der Waals surface area contributed by atoms with Crippen LogP contribution >= 0.6 is 11.8 Å². The van der Waals surface area contributed by atoms with Crippen molar-refractivity contribution in [1.82, 2.24) is 10.3 Å². The van der Waals surface area contributed by atoms with Crippen LogP contribution in [0.15, 0.2) is 59.6 Å². The standard InChI is InChI=1S/C23H23N3O2S/c1-2-15-6-5-7-17(12-15)24-21(27)14-29-22-13-19(23(28)25-16-10-11-16)18-8-3-4-9-20(18)26-22/h3-9,12-13,16H,2,10-11,14H2,1H3,(H,24,27)(H,25,28). The summed E-state index contributed by atoms with van der Waals surface area (Å²) in [5, 5.41) is 7.47. The fourth-order valence-corrected chi connectivity index (χ4v) is 3.82. The lowest BCUT2D eigenvalue weighted by atomic mass is 10.1. The molecule has 148 valence electrons. The highest BCUT2D eigenvalue weighted by molar-refractivity contribution is 7.99. The van der Waals surface area contributed by atoms with E-state index in [0.717, 1.165) is 35.9 Å². The molecule has 1 aliphatic rings. The van der Waals surface area contributed by atoms with Crippen LogP contribution in [0.25, 0.3) is 10.9 Å². The second kappa shape index (κ2) is 8.66. The summed E-state index contributed by atoms with van der Waals surface area (Å²) in [5.74, 6) is 0.0572. The Kier molecular flexibility index (Phi) is 5.81. The van der Waals surface area contributed by atoms with Crippen LogP contribution in [-0.2, 0) is 11.2 Å². The van der Waals surface area contributed by atoms with E-state index in [4.69, 9.17) is 0 Å². The maximum Gasteiger partial charge on any atom is 0.252 e. The SMILES string of the molecule is CCc1cccc(NC(=O)CSc2cc(C(=O)NC3CC3)c3ccccc3n2)c1. The van der Waals surface area contributed by atoms with Gasteiger partial charge in [-0.05, 0) is 49.1 Å². The fourth-order valence-electron chi connectivity index (χ4n) is 3.11. The number of thioether (sulfide) groups is 1. The zero-order valence-corrected chi connectivity index (χ0v) is 17.1. The van der Waals surface area contributed by atoms with Crippen molar-refractivity contribution < 1.29 is 9.59 Å². The predicted octanol–water partition coefficient (Wildman–Crippen LogP) is 4.42. The average molecular weight is 406 g/mol. The number of hydrogen-bond donors (Lipinski definition) is 2. The number of rotatable bonds is 7. The topological polar surface area (TPSA) is 71.1 Å². The van der Waals surface area contributed by atoms with Crippen molar-refractivity contribution in [3.05, 3.63) is 65.7 Å². The molecule has 0 spiro atoms. The maximum absolute atomic E-state index is 12.7. The minimum absolute atomic E-state index is 0.0752. The quantitative estimate of drug-likeness (QED) is 0.571. The Morgan fingerprint density at radius 1 is 1.10 bits per heavy atom. The summed E-state index contributed by atoms with van der Waals surface area (Å²) in [6, 6.07) is 17.5. The van der Waals surface area contributed by atoms with Crippen LogP contribution in [0.5, 0.6) is 0 Å². The van der Waals surface area contributed by atoms with Gasteiger partial charge >= 0.3 is 0 Å². The van der Waals surface area contributed by atoms with E-state index >= 15 is 0 Å². The molecular weight excluding hydrogens is 382 g/mol. The van der Waals surface area contributed by atoms with E-state index in [-0.39, 0.29) is 23.6 Å². The van der Waals surface area contributed by atoms with Crippen molar-refractivity contribution in [3.8, 4) is 0 Å². The van der Waals surface area contributed by atoms with E-state index in [1.807, 2.05) is 48.5 Å². The molecule has 5 nitrogen and oxygen atoms in total. The molecule has 6 heteroatoms. The van der Waals surface area contributed by atoms with Crippen molar-refractivity contribution in [2.75, 3.05) is 11.1 Å². The number of carbonyl (C=O) groups excluding carboxylic acids is 2. The summed E-state index contributed by atoms with van der Waals surface area (Å²) in [6.07, 6.45) is 3.00. The van der Waals surface area contributed by atoms with Crippen LogP contribution in [-0.4, -0.2) is 28.6 Å². The molecular formula is C23H23N3O2S. The molecule has 1 fully saturated rings.